The summed E-state index contributed by atoms with van der Waals surface area (Å²) in [4.78, 5) is 0. The summed E-state index contributed by atoms with van der Waals surface area (Å²) >= 11 is 2.20. The molecule has 0 aromatic carbocycles. The molecule has 1 aliphatic carbocycles. The predicted octanol–water partition coefficient (Wildman–Crippen LogP) is -1.89. The average Bonchev–Trinajstić information content (AvgIpc) is 2.07. The standard InChI is InChI=1S/C5H13IN4/c6-1-2(7)4(9)5(10)3(1)8/h1-5H,7-10H2. The number of rotatable bonds is 0. The molecular weight excluding hydrogens is 243 g/mol. The molecule has 1 aliphatic rings. The molecule has 8 N–H and O–H groups in total. The van der Waals surface area contributed by atoms with Crippen molar-refractivity contribution in [3.8, 4) is 0 Å². The van der Waals surface area contributed by atoms with Crippen LogP contribution in [0, 0.1) is 0 Å². The number of alkyl halides is 1. The summed E-state index contributed by atoms with van der Waals surface area (Å²) in [5, 5.41) is 0. The first-order valence-corrected chi connectivity index (χ1v) is 4.46. The van der Waals surface area contributed by atoms with Crippen LogP contribution < -0.4 is 22.9 Å². The molecule has 0 aliphatic heterocycles. The van der Waals surface area contributed by atoms with Crippen molar-refractivity contribution in [1.29, 1.82) is 0 Å². The summed E-state index contributed by atoms with van der Waals surface area (Å²) in [7, 11) is 0. The number of hydrogen-bond acceptors (Lipinski definition) is 4. The summed E-state index contributed by atoms with van der Waals surface area (Å²) in [6, 6.07) is -0.384. The summed E-state index contributed by atoms with van der Waals surface area (Å²) in [5.74, 6) is 0. The Morgan fingerprint density at radius 3 is 1.10 bits per heavy atom. The van der Waals surface area contributed by atoms with Crippen molar-refractivity contribution >= 4 is 22.6 Å². The summed E-state index contributed by atoms with van der Waals surface area (Å²) in [5.41, 5.74) is 22.8. The van der Waals surface area contributed by atoms with Gasteiger partial charge in [0, 0.05) is 28.1 Å². The third-order valence-corrected chi connectivity index (χ3v) is 3.73. The molecule has 4 unspecified atom stereocenters. The molecular formula is C5H13IN4. The van der Waals surface area contributed by atoms with E-state index in [0.717, 1.165) is 0 Å². The maximum atomic E-state index is 5.71. The largest absolute Gasteiger partial charge is 0.325 e. The number of nitrogens with two attached hydrogens (primary N) is 4. The van der Waals surface area contributed by atoms with E-state index in [2.05, 4.69) is 22.6 Å². The van der Waals surface area contributed by atoms with Gasteiger partial charge < -0.3 is 22.9 Å². The first-order chi connectivity index (χ1) is 4.55. The van der Waals surface area contributed by atoms with Gasteiger partial charge in [0.15, 0.2) is 0 Å². The highest BCUT2D eigenvalue weighted by Crippen LogP contribution is 2.22. The average molecular weight is 256 g/mol. The second-order valence-corrected chi connectivity index (χ2v) is 4.19. The van der Waals surface area contributed by atoms with Crippen molar-refractivity contribution < 1.29 is 0 Å². The van der Waals surface area contributed by atoms with Crippen LogP contribution in [0.15, 0.2) is 0 Å². The zero-order valence-corrected chi connectivity index (χ0v) is 7.73. The fourth-order valence-electron chi connectivity index (χ4n) is 1.19. The Morgan fingerprint density at radius 1 is 0.700 bits per heavy atom. The van der Waals surface area contributed by atoms with E-state index < -0.39 is 0 Å². The van der Waals surface area contributed by atoms with Crippen LogP contribution in [0.3, 0.4) is 0 Å². The molecule has 0 spiro atoms. The minimum atomic E-state index is -0.142. The highest BCUT2D eigenvalue weighted by molar-refractivity contribution is 14.1. The van der Waals surface area contributed by atoms with Crippen LogP contribution in [0.4, 0.5) is 0 Å². The third kappa shape index (κ3) is 1.16. The number of hydrogen-bond donors (Lipinski definition) is 4. The lowest BCUT2D eigenvalue weighted by atomic mass is 10.1. The highest BCUT2D eigenvalue weighted by Gasteiger charge is 2.42. The maximum Gasteiger partial charge on any atom is 0.0443 e. The van der Waals surface area contributed by atoms with Crippen LogP contribution in [-0.2, 0) is 0 Å². The summed E-state index contributed by atoms with van der Waals surface area (Å²) in [6.07, 6.45) is 0. The Kier molecular flexibility index (Phi) is 2.51. The van der Waals surface area contributed by atoms with Crippen molar-refractivity contribution in [1.82, 2.24) is 0 Å². The van der Waals surface area contributed by atoms with E-state index in [9.17, 15) is 0 Å². The Morgan fingerprint density at radius 2 is 1.00 bits per heavy atom. The van der Waals surface area contributed by atoms with Crippen molar-refractivity contribution in [3.05, 3.63) is 0 Å². The Balaban J connectivity index is 2.68. The minimum absolute atomic E-state index is 0.0504. The molecule has 0 aromatic rings. The first-order valence-electron chi connectivity index (χ1n) is 3.22. The van der Waals surface area contributed by atoms with Gasteiger partial charge in [-0.2, -0.15) is 0 Å². The molecule has 0 radical (unpaired) electrons. The van der Waals surface area contributed by atoms with Crippen molar-refractivity contribution in [2.24, 2.45) is 22.9 Å². The normalized spacial score (nSPS) is 55.5. The van der Waals surface area contributed by atoms with Crippen molar-refractivity contribution in [2.45, 2.75) is 28.1 Å². The fraction of sp³-hybridized carbons (Fsp3) is 1.00. The monoisotopic (exact) mass is 256 g/mol. The second kappa shape index (κ2) is 2.90. The van der Waals surface area contributed by atoms with E-state index in [1.807, 2.05) is 0 Å². The van der Waals surface area contributed by atoms with E-state index >= 15 is 0 Å². The van der Waals surface area contributed by atoms with Gasteiger partial charge in [0.25, 0.3) is 0 Å². The first kappa shape index (κ1) is 8.66. The van der Waals surface area contributed by atoms with Crippen LogP contribution in [0.25, 0.3) is 0 Å². The predicted molar refractivity (Wildman–Crippen MR) is 49.7 cm³/mol. The molecule has 1 fully saturated rings. The van der Waals surface area contributed by atoms with E-state index in [4.69, 9.17) is 22.9 Å². The molecule has 0 saturated heterocycles. The molecule has 0 heterocycles. The number of halogens is 1. The van der Waals surface area contributed by atoms with Crippen LogP contribution in [0.5, 0.6) is 0 Å². The van der Waals surface area contributed by atoms with Gasteiger partial charge in [-0.15, -0.1) is 0 Å². The molecule has 1 saturated carbocycles. The van der Waals surface area contributed by atoms with E-state index in [-0.39, 0.29) is 28.1 Å². The topological polar surface area (TPSA) is 104 Å². The lowest BCUT2D eigenvalue weighted by Gasteiger charge is -2.13. The van der Waals surface area contributed by atoms with Gasteiger partial charge in [0.1, 0.15) is 0 Å². The molecule has 4 atom stereocenters. The zero-order valence-electron chi connectivity index (χ0n) is 5.57. The van der Waals surface area contributed by atoms with Gasteiger partial charge in [-0.25, -0.2) is 0 Å². The summed E-state index contributed by atoms with van der Waals surface area (Å²) < 4.78 is 0.211. The molecule has 1 rings (SSSR count). The SMILES string of the molecule is NC1C(N)C(N)C(I)C1N. The van der Waals surface area contributed by atoms with Gasteiger partial charge in [0.2, 0.25) is 0 Å². The lowest BCUT2D eigenvalue weighted by molar-refractivity contribution is 0.535. The smallest absolute Gasteiger partial charge is 0.0443 e. The lowest BCUT2D eigenvalue weighted by Crippen LogP contribution is -2.50. The van der Waals surface area contributed by atoms with Gasteiger partial charge >= 0.3 is 0 Å². The molecule has 4 nitrogen and oxygen atoms in total. The van der Waals surface area contributed by atoms with Crippen LogP contribution in [0.1, 0.15) is 0 Å². The molecule has 10 heavy (non-hydrogen) atoms. The second-order valence-electron chi connectivity index (χ2n) is 2.75. The van der Waals surface area contributed by atoms with Gasteiger partial charge in [-0.3, -0.25) is 0 Å². The zero-order chi connectivity index (χ0) is 7.89. The van der Waals surface area contributed by atoms with E-state index in [1.54, 1.807) is 0 Å². The summed E-state index contributed by atoms with van der Waals surface area (Å²) in [6.45, 7) is 0. The van der Waals surface area contributed by atoms with Gasteiger partial charge in [-0.1, -0.05) is 22.6 Å². The highest BCUT2D eigenvalue weighted by atomic mass is 127. The van der Waals surface area contributed by atoms with E-state index in [0.29, 0.717) is 0 Å². The van der Waals surface area contributed by atoms with Crippen molar-refractivity contribution in [3.63, 3.8) is 0 Å². The third-order valence-electron chi connectivity index (χ3n) is 2.07. The maximum absolute atomic E-state index is 5.71. The van der Waals surface area contributed by atoms with Crippen LogP contribution in [-0.4, -0.2) is 28.1 Å². The van der Waals surface area contributed by atoms with Crippen LogP contribution >= 0.6 is 22.6 Å². The molecule has 0 bridgehead atoms. The molecule has 0 amide bonds. The Labute approximate surface area is 73.8 Å². The van der Waals surface area contributed by atoms with Gasteiger partial charge in [-0.05, 0) is 0 Å². The minimum Gasteiger partial charge on any atom is -0.325 e. The Hall–Kier alpha value is 0.570. The quantitative estimate of drug-likeness (QED) is 0.300. The van der Waals surface area contributed by atoms with Crippen molar-refractivity contribution in [2.75, 3.05) is 0 Å². The molecule has 60 valence electrons. The fourth-order valence-corrected chi connectivity index (χ4v) is 2.15. The van der Waals surface area contributed by atoms with E-state index in [1.165, 1.54) is 0 Å². The molecule has 5 heteroatoms. The van der Waals surface area contributed by atoms with Gasteiger partial charge in [0.05, 0.1) is 0 Å². The Bertz CT molecular complexity index is 86.0. The van der Waals surface area contributed by atoms with Crippen LogP contribution in [0.2, 0.25) is 0 Å². The molecule has 0 aromatic heterocycles.